The Morgan fingerprint density at radius 2 is 0.662 bits per heavy atom. The third kappa shape index (κ3) is 14.2. The molecule has 68 heavy (non-hydrogen) atoms. The summed E-state index contributed by atoms with van der Waals surface area (Å²) in [4.78, 5) is 0. The lowest BCUT2D eigenvalue weighted by atomic mass is 9.88. The normalized spacial score (nSPS) is 10.0. The third-order valence-electron chi connectivity index (χ3n) is 12.1. The van der Waals surface area contributed by atoms with Crippen LogP contribution in [0.2, 0.25) is 0 Å². The van der Waals surface area contributed by atoms with Crippen molar-refractivity contribution in [3.8, 4) is 55.6 Å². The van der Waals surface area contributed by atoms with Crippen LogP contribution in [0.25, 0.3) is 66.8 Å². The molecule has 0 saturated carbocycles. The van der Waals surface area contributed by atoms with Gasteiger partial charge in [-0.05, 0) is 156 Å². The smallest absolute Gasteiger partial charge is 0.0149 e. The third-order valence-corrected chi connectivity index (χ3v) is 12.1. The van der Waals surface area contributed by atoms with Gasteiger partial charge < -0.3 is 0 Å². The summed E-state index contributed by atoms with van der Waals surface area (Å²) < 4.78 is 0. The lowest BCUT2D eigenvalue weighted by Gasteiger charge is -2.16. The maximum atomic E-state index is 4.01. The zero-order chi connectivity index (χ0) is 49.0. The first-order valence-electron chi connectivity index (χ1n) is 23.9. The van der Waals surface area contributed by atoms with Crippen LogP contribution >= 0.6 is 0 Å². The van der Waals surface area contributed by atoms with Gasteiger partial charge in [0.25, 0.3) is 0 Å². The Balaban J connectivity index is 0.000000176. The van der Waals surface area contributed by atoms with Gasteiger partial charge in [0.15, 0.2) is 0 Å². The molecule has 0 radical (unpaired) electrons. The average Bonchev–Trinajstić information content (AvgIpc) is 3.37. The van der Waals surface area contributed by atoms with Crippen LogP contribution in [0.4, 0.5) is 0 Å². The molecular formula is C68H70. The Morgan fingerprint density at radius 1 is 0.294 bits per heavy atom. The van der Waals surface area contributed by atoms with Gasteiger partial charge in [-0.15, -0.1) is 0 Å². The van der Waals surface area contributed by atoms with Crippen molar-refractivity contribution in [2.75, 3.05) is 0 Å². The number of hydrogen-bond acceptors (Lipinski definition) is 0. The van der Waals surface area contributed by atoms with Gasteiger partial charge >= 0.3 is 0 Å². The van der Waals surface area contributed by atoms with Crippen molar-refractivity contribution in [2.45, 2.75) is 69.2 Å². The van der Waals surface area contributed by atoms with E-state index >= 15 is 0 Å². The molecule has 0 heterocycles. The largest absolute Gasteiger partial charge is 0.0955 e. The van der Waals surface area contributed by atoms with Gasteiger partial charge in [0, 0.05) is 0 Å². The molecule has 0 atom stereocenters. The van der Waals surface area contributed by atoms with E-state index in [0.29, 0.717) is 0 Å². The fourth-order valence-electron chi connectivity index (χ4n) is 8.09. The minimum atomic E-state index is 1.10. The van der Waals surface area contributed by atoms with Gasteiger partial charge in [-0.25, -0.2) is 0 Å². The maximum absolute atomic E-state index is 4.01. The van der Waals surface area contributed by atoms with Gasteiger partial charge in [-0.2, -0.15) is 0 Å². The van der Waals surface area contributed by atoms with Crippen molar-refractivity contribution >= 4 is 11.1 Å². The van der Waals surface area contributed by atoms with E-state index in [1.54, 1.807) is 0 Å². The van der Waals surface area contributed by atoms with Crippen molar-refractivity contribution in [2.24, 2.45) is 0 Å². The molecule has 0 amide bonds. The standard InChI is InChI=1S/C22H22.C21H18.C16H16.C7H8.C2H6/c1-15-9-5-7-11-19(15)21-13-14-22(18(4)17(21)3)20-12-8-6-10-16(20)2;1-16(2)20-9-6-10-21(15-20)19-13-11-18(12-14-19)17-7-4-3-5-8-17;1-12(2)16-10-9-15(11-13(16)3)14-7-5-4-6-8-14;1-7-5-3-2-4-6-7;1-2/h5-14H,1-4H3;3-15H,1H2,2H3;4-11H,1H2,2-3H3;2-6H,1H3;1-2H3. The van der Waals surface area contributed by atoms with Gasteiger partial charge in [0.05, 0.1) is 0 Å². The van der Waals surface area contributed by atoms with Crippen molar-refractivity contribution in [1.29, 1.82) is 0 Å². The van der Waals surface area contributed by atoms with Crippen molar-refractivity contribution in [1.82, 2.24) is 0 Å². The van der Waals surface area contributed by atoms with E-state index in [1.165, 1.54) is 100 Å². The molecule has 9 aromatic rings. The van der Waals surface area contributed by atoms with Crippen LogP contribution in [-0.2, 0) is 0 Å². The van der Waals surface area contributed by atoms with E-state index in [1.807, 2.05) is 58.0 Å². The number of allylic oxidation sites excluding steroid dienone is 2. The maximum Gasteiger partial charge on any atom is -0.0149 e. The number of aryl methyl sites for hydroxylation is 4. The van der Waals surface area contributed by atoms with E-state index < -0.39 is 0 Å². The molecule has 0 aromatic heterocycles. The predicted octanol–water partition coefficient (Wildman–Crippen LogP) is 20.0. The van der Waals surface area contributed by atoms with Crippen LogP contribution in [-0.4, -0.2) is 0 Å². The Bertz CT molecular complexity index is 2920. The van der Waals surface area contributed by atoms with Crippen LogP contribution in [0.3, 0.4) is 0 Å². The molecule has 0 saturated heterocycles. The highest BCUT2D eigenvalue weighted by molar-refractivity contribution is 5.80. The number of rotatable bonds is 7. The van der Waals surface area contributed by atoms with Crippen LogP contribution in [0.1, 0.15) is 72.2 Å². The summed E-state index contributed by atoms with van der Waals surface area (Å²) in [5.41, 5.74) is 25.5. The van der Waals surface area contributed by atoms with Crippen LogP contribution in [0.5, 0.6) is 0 Å². The Kier molecular flexibility index (Phi) is 19.6. The zero-order valence-corrected chi connectivity index (χ0v) is 42.2. The molecule has 0 aliphatic heterocycles. The molecule has 0 spiro atoms. The van der Waals surface area contributed by atoms with Gasteiger partial charge in [0.2, 0.25) is 0 Å². The summed E-state index contributed by atoms with van der Waals surface area (Å²) in [6.45, 7) is 29.1. The molecule has 342 valence electrons. The second-order valence-electron chi connectivity index (χ2n) is 17.2. The van der Waals surface area contributed by atoms with E-state index in [0.717, 1.165) is 11.1 Å². The summed E-state index contributed by atoms with van der Waals surface area (Å²) in [6, 6.07) is 76.7. The quantitative estimate of drug-likeness (QED) is 0.150. The number of hydrogen-bond donors (Lipinski definition) is 0. The Morgan fingerprint density at radius 3 is 1.07 bits per heavy atom. The van der Waals surface area contributed by atoms with Crippen molar-refractivity contribution in [3.05, 3.63) is 276 Å². The van der Waals surface area contributed by atoms with Crippen LogP contribution < -0.4 is 0 Å². The Hall–Kier alpha value is -7.54. The second-order valence-corrected chi connectivity index (χ2v) is 17.2. The van der Waals surface area contributed by atoms with Crippen LogP contribution in [0.15, 0.2) is 232 Å². The molecule has 0 fully saturated rings. The summed E-state index contributed by atoms with van der Waals surface area (Å²) in [5, 5.41) is 0. The molecule has 0 aliphatic rings. The van der Waals surface area contributed by atoms with E-state index in [9.17, 15) is 0 Å². The molecule has 0 aliphatic carbocycles. The highest BCUT2D eigenvalue weighted by Crippen LogP contribution is 2.35. The Labute approximate surface area is 410 Å². The molecule has 0 unspecified atom stereocenters. The second kappa shape index (κ2) is 26.0. The molecule has 0 nitrogen and oxygen atoms in total. The van der Waals surface area contributed by atoms with E-state index in [-0.39, 0.29) is 0 Å². The van der Waals surface area contributed by atoms with Gasteiger partial charge in [-0.1, -0.05) is 256 Å². The first-order valence-corrected chi connectivity index (χ1v) is 23.9. The first-order chi connectivity index (χ1) is 32.9. The average molecular weight is 887 g/mol. The van der Waals surface area contributed by atoms with Crippen molar-refractivity contribution < 1.29 is 0 Å². The minimum Gasteiger partial charge on any atom is -0.0955 e. The highest BCUT2D eigenvalue weighted by Gasteiger charge is 2.12. The van der Waals surface area contributed by atoms with E-state index in [4.69, 9.17) is 0 Å². The number of benzene rings is 9. The molecule has 9 rings (SSSR count). The fourth-order valence-corrected chi connectivity index (χ4v) is 8.09. The summed E-state index contributed by atoms with van der Waals surface area (Å²) in [6.07, 6.45) is 0. The van der Waals surface area contributed by atoms with Crippen LogP contribution in [0, 0.1) is 41.5 Å². The zero-order valence-electron chi connectivity index (χ0n) is 42.2. The summed E-state index contributed by atoms with van der Waals surface area (Å²) >= 11 is 0. The highest BCUT2D eigenvalue weighted by atomic mass is 14.2. The molecule has 9 aromatic carbocycles. The lowest BCUT2D eigenvalue weighted by molar-refractivity contribution is 1.32. The monoisotopic (exact) mass is 887 g/mol. The van der Waals surface area contributed by atoms with E-state index in [2.05, 4.69) is 243 Å². The topological polar surface area (TPSA) is 0 Å². The summed E-state index contributed by atoms with van der Waals surface area (Å²) in [5.74, 6) is 0. The van der Waals surface area contributed by atoms with Gasteiger partial charge in [0.1, 0.15) is 0 Å². The predicted molar refractivity (Wildman–Crippen MR) is 302 cm³/mol. The molecule has 0 N–H and O–H groups in total. The lowest BCUT2D eigenvalue weighted by Crippen LogP contribution is -1.94. The summed E-state index contributed by atoms with van der Waals surface area (Å²) in [7, 11) is 0. The minimum absolute atomic E-state index is 1.10. The molecular weight excluding hydrogens is 817 g/mol. The van der Waals surface area contributed by atoms with Crippen molar-refractivity contribution in [3.63, 3.8) is 0 Å². The van der Waals surface area contributed by atoms with Gasteiger partial charge in [-0.3, -0.25) is 0 Å². The molecule has 0 bridgehead atoms. The first kappa shape index (κ1) is 51.4. The molecule has 0 heteroatoms. The fraction of sp³-hybridized carbons (Fsp3) is 0.147. The SMILES string of the molecule is C=C(C)c1ccc(-c2ccccc2)cc1C.C=C(C)c1cccc(-c2ccc(-c3ccccc3)cc2)c1.CC.Cc1ccccc1.Cc1ccccc1-c1ccc(-c2ccccc2C)c(C)c1C.